The zero-order valence-corrected chi connectivity index (χ0v) is 10.1. The quantitative estimate of drug-likeness (QED) is 0.426. The molecule has 0 spiro atoms. The predicted octanol–water partition coefficient (Wildman–Crippen LogP) is -1.73. The Bertz CT molecular complexity index is 236. The van der Waals surface area contributed by atoms with E-state index in [0.717, 1.165) is 0 Å². The second-order valence-electron chi connectivity index (χ2n) is 2.31. The van der Waals surface area contributed by atoms with Gasteiger partial charge in [-0.3, -0.25) is 0 Å². The van der Waals surface area contributed by atoms with E-state index in [4.69, 9.17) is 0 Å². The van der Waals surface area contributed by atoms with Crippen molar-refractivity contribution < 1.29 is 55.7 Å². The van der Waals surface area contributed by atoms with Gasteiger partial charge in [0.2, 0.25) is 0 Å². The molecule has 0 aromatic heterocycles. The standard InChI is InChI=1S/C5H9F3O3S.Na/c1-2-3-4(5(6,7)8)12(9,10)11;/h4H,2-3H2,1H3,(H,9,10,11);/q;+1/p-1. The second-order valence-corrected chi connectivity index (χ2v) is 3.87. The van der Waals surface area contributed by atoms with Crippen molar-refractivity contribution in [1.82, 2.24) is 0 Å². The van der Waals surface area contributed by atoms with Crippen LogP contribution in [0.1, 0.15) is 19.8 Å². The first kappa shape index (κ1) is 16.1. The molecule has 0 heterocycles. The van der Waals surface area contributed by atoms with Crippen molar-refractivity contribution in [2.75, 3.05) is 0 Å². The van der Waals surface area contributed by atoms with E-state index >= 15 is 0 Å². The van der Waals surface area contributed by atoms with Gasteiger partial charge in [-0.1, -0.05) is 13.3 Å². The van der Waals surface area contributed by atoms with E-state index in [9.17, 15) is 26.1 Å². The van der Waals surface area contributed by atoms with Crippen LogP contribution >= 0.6 is 0 Å². The zero-order valence-electron chi connectivity index (χ0n) is 7.26. The van der Waals surface area contributed by atoms with Gasteiger partial charge < -0.3 is 4.55 Å². The molecule has 0 aliphatic carbocycles. The molecule has 0 saturated carbocycles. The van der Waals surface area contributed by atoms with Crippen LogP contribution < -0.4 is 29.6 Å². The van der Waals surface area contributed by atoms with E-state index in [-0.39, 0.29) is 36.0 Å². The summed E-state index contributed by atoms with van der Waals surface area (Å²) in [6.45, 7) is 1.38. The third-order valence-electron chi connectivity index (χ3n) is 1.26. The van der Waals surface area contributed by atoms with Crippen LogP contribution in [-0.4, -0.2) is 24.4 Å². The van der Waals surface area contributed by atoms with Crippen LogP contribution in [0.25, 0.3) is 0 Å². The smallest absolute Gasteiger partial charge is 0.747 e. The maximum absolute atomic E-state index is 11.8. The summed E-state index contributed by atoms with van der Waals surface area (Å²) in [6.07, 6.45) is -5.61. The predicted molar refractivity (Wildman–Crippen MR) is 34.4 cm³/mol. The van der Waals surface area contributed by atoms with E-state index in [1.165, 1.54) is 6.92 Å². The molecule has 0 aromatic carbocycles. The molecule has 74 valence electrons. The van der Waals surface area contributed by atoms with Crippen LogP contribution in [0.3, 0.4) is 0 Å². The van der Waals surface area contributed by atoms with Crippen molar-refractivity contribution in [1.29, 1.82) is 0 Å². The summed E-state index contributed by atoms with van der Waals surface area (Å²) >= 11 is 0. The average molecular weight is 228 g/mol. The van der Waals surface area contributed by atoms with Gasteiger partial charge in [0, 0.05) is 0 Å². The van der Waals surface area contributed by atoms with Gasteiger partial charge in [-0.15, -0.1) is 0 Å². The van der Waals surface area contributed by atoms with Crippen LogP contribution in [-0.2, 0) is 10.1 Å². The van der Waals surface area contributed by atoms with Gasteiger partial charge in [-0.25, -0.2) is 8.42 Å². The van der Waals surface area contributed by atoms with Crippen molar-refractivity contribution in [2.24, 2.45) is 0 Å². The molecule has 0 aromatic rings. The topological polar surface area (TPSA) is 57.2 Å². The van der Waals surface area contributed by atoms with Crippen molar-refractivity contribution in [3.8, 4) is 0 Å². The first-order chi connectivity index (χ1) is 5.19. The Morgan fingerprint density at radius 3 is 1.85 bits per heavy atom. The molecule has 0 rings (SSSR count). The first-order valence-electron chi connectivity index (χ1n) is 3.21. The number of alkyl halides is 3. The summed E-state index contributed by atoms with van der Waals surface area (Å²) in [5.74, 6) is 0. The largest absolute Gasteiger partial charge is 1.00 e. The molecule has 0 N–H and O–H groups in total. The minimum absolute atomic E-state index is 0. The molecule has 1 unspecified atom stereocenters. The Hall–Kier alpha value is 0.700. The molecule has 0 radical (unpaired) electrons. The molecule has 0 amide bonds. The van der Waals surface area contributed by atoms with Crippen LogP contribution in [0.4, 0.5) is 13.2 Å². The Labute approximate surface area is 96.7 Å². The van der Waals surface area contributed by atoms with Crippen LogP contribution in [0.15, 0.2) is 0 Å². The van der Waals surface area contributed by atoms with Gasteiger partial charge in [0.05, 0.1) is 0 Å². The fourth-order valence-electron chi connectivity index (χ4n) is 0.734. The number of halogens is 3. The monoisotopic (exact) mass is 228 g/mol. The second kappa shape index (κ2) is 5.55. The summed E-state index contributed by atoms with van der Waals surface area (Å²) < 4.78 is 65.7. The molecule has 3 nitrogen and oxygen atoms in total. The van der Waals surface area contributed by atoms with Crippen molar-refractivity contribution in [3.63, 3.8) is 0 Å². The molecule has 0 fully saturated rings. The fraction of sp³-hybridized carbons (Fsp3) is 1.00. The summed E-state index contributed by atoms with van der Waals surface area (Å²) in [7, 11) is -5.26. The number of rotatable bonds is 3. The van der Waals surface area contributed by atoms with Gasteiger partial charge in [-0.05, 0) is 6.42 Å². The maximum atomic E-state index is 11.8. The van der Waals surface area contributed by atoms with E-state index in [1.54, 1.807) is 0 Å². The molecule has 13 heavy (non-hydrogen) atoms. The SMILES string of the molecule is CCCC(C(F)(F)F)S(=O)(=O)[O-].[Na+]. The third-order valence-corrected chi connectivity index (χ3v) is 2.46. The van der Waals surface area contributed by atoms with Crippen molar-refractivity contribution in [3.05, 3.63) is 0 Å². The minimum Gasteiger partial charge on any atom is -0.747 e. The van der Waals surface area contributed by atoms with Crippen LogP contribution in [0.2, 0.25) is 0 Å². The Balaban J connectivity index is 0. The molecular formula is C5H8F3NaO3S. The first-order valence-corrected chi connectivity index (χ1v) is 4.68. The summed E-state index contributed by atoms with van der Waals surface area (Å²) in [5.41, 5.74) is 0. The maximum Gasteiger partial charge on any atom is 1.00 e. The molecule has 1 atom stereocenters. The van der Waals surface area contributed by atoms with Gasteiger partial charge in [0.25, 0.3) is 0 Å². The normalized spacial score (nSPS) is 14.8. The molecule has 0 aliphatic heterocycles. The van der Waals surface area contributed by atoms with E-state index in [0.29, 0.717) is 0 Å². The fourth-order valence-corrected chi connectivity index (χ4v) is 1.59. The Morgan fingerprint density at radius 2 is 1.77 bits per heavy atom. The van der Waals surface area contributed by atoms with E-state index in [1.807, 2.05) is 0 Å². The van der Waals surface area contributed by atoms with Gasteiger partial charge >= 0.3 is 35.7 Å². The van der Waals surface area contributed by atoms with E-state index in [2.05, 4.69) is 0 Å². The molecule has 0 saturated heterocycles. The molecule has 8 heteroatoms. The Morgan fingerprint density at radius 1 is 1.38 bits per heavy atom. The summed E-state index contributed by atoms with van der Waals surface area (Å²) in [5, 5.41) is -2.75. The van der Waals surface area contributed by atoms with Crippen molar-refractivity contribution >= 4 is 10.1 Å². The Kier molecular flexibility index (Phi) is 6.89. The zero-order chi connectivity index (χ0) is 9.99. The van der Waals surface area contributed by atoms with Crippen molar-refractivity contribution in [2.45, 2.75) is 31.2 Å². The summed E-state index contributed by atoms with van der Waals surface area (Å²) in [6, 6.07) is 0. The van der Waals surface area contributed by atoms with Gasteiger partial charge in [-0.2, -0.15) is 13.2 Å². The summed E-state index contributed by atoms with van der Waals surface area (Å²) in [4.78, 5) is 0. The molecule has 0 bridgehead atoms. The average Bonchev–Trinajstić information content (AvgIpc) is 1.77. The third kappa shape index (κ3) is 5.90. The molecule has 0 aliphatic rings. The number of hydrogen-bond acceptors (Lipinski definition) is 3. The molecular weight excluding hydrogens is 220 g/mol. The van der Waals surface area contributed by atoms with E-state index < -0.39 is 28.0 Å². The van der Waals surface area contributed by atoms with Gasteiger partial charge in [0.15, 0.2) is 0 Å². The van der Waals surface area contributed by atoms with Crippen LogP contribution in [0.5, 0.6) is 0 Å². The van der Waals surface area contributed by atoms with Crippen LogP contribution in [0, 0.1) is 0 Å². The minimum atomic E-state index is -5.26. The number of hydrogen-bond donors (Lipinski definition) is 0. The van der Waals surface area contributed by atoms with Gasteiger partial charge in [0.1, 0.15) is 15.4 Å².